The molecule has 0 aliphatic rings. The van der Waals surface area contributed by atoms with Crippen LogP contribution in [0, 0.1) is 0 Å². The molecule has 3 aromatic rings. The lowest BCUT2D eigenvalue weighted by Gasteiger charge is -2.06. The predicted octanol–water partition coefficient (Wildman–Crippen LogP) is 3.35. The molecule has 3 N–H and O–H groups in total. The number of hydrogen-bond acceptors (Lipinski definition) is 5. The van der Waals surface area contributed by atoms with Crippen LogP contribution in [0.25, 0.3) is 0 Å². The second-order valence-corrected chi connectivity index (χ2v) is 7.27. The molecule has 0 saturated heterocycles. The molecule has 2 aromatic carbocycles. The lowest BCUT2D eigenvalue weighted by molar-refractivity contribution is -0.123. The zero-order valence-electron chi connectivity index (χ0n) is 15.1. The van der Waals surface area contributed by atoms with Crippen molar-refractivity contribution in [1.29, 1.82) is 0 Å². The van der Waals surface area contributed by atoms with E-state index >= 15 is 0 Å². The first-order valence-electron chi connectivity index (χ1n) is 8.62. The summed E-state index contributed by atoms with van der Waals surface area (Å²) in [4.78, 5) is 40.3. The molecule has 0 saturated carbocycles. The molecule has 0 atom stereocenters. The normalized spacial score (nSPS) is 10.2. The van der Waals surface area contributed by atoms with Crippen LogP contribution >= 0.6 is 22.9 Å². The van der Waals surface area contributed by atoms with E-state index in [1.165, 1.54) is 11.3 Å². The van der Waals surface area contributed by atoms with E-state index in [0.29, 0.717) is 27.1 Å². The Morgan fingerprint density at radius 2 is 1.66 bits per heavy atom. The molecule has 9 heteroatoms. The Hall–Kier alpha value is -3.23. The van der Waals surface area contributed by atoms with Gasteiger partial charge >= 0.3 is 0 Å². The highest BCUT2D eigenvalue weighted by molar-refractivity contribution is 7.14. The lowest BCUT2D eigenvalue weighted by Crippen LogP contribution is -2.33. The third-order valence-electron chi connectivity index (χ3n) is 3.72. The number of anilines is 2. The van der Waals surface area contributed by atoms with Crippen molar-refractivity contribution in [2.45, 2.75) is 6.42 Å². The Morgan fingerprint density at radius 1 is 0.931 bits per heavy atom. The van der Waals surface area contributed by atoms with Gasteiger partial charge in [0, 0.05) is 21.7 Å². The second kappa shape index (κ2) is 9.81. The number of rotatable bonds is 7. The van der Waals surface area contributed by atoms with E-state index in [-0.39, 0.29) is 30.7 Å². The summed E-state index contributed by atoms with van der Waals surface area (Å²) in [6.07, 6.45) is 0.00589. The summed E-state index contributed by atoms with van der Waals surface area (Å²) in [6.45, 7) is -0.163. The highest BCUT2D eigenvalue weighted by Gasteiger charge is 2.12. The summed E-state index contributed by atoms with van der Waals surface area (Å²) in [5.74, 6) is -0.966. The van der Waals surface area contributed by atoms with Gasteiger partial charge in [-0.15, -0.1) is 11.3 Å². The van der Waals surface area contributed by atoms with Crippen LogP contribution in [0.4, 0.5) is 10.8 Å². The van der Waals surface area contributed by atoms with Gasteiger partial charge < -0.3 is 10.6 Å². The van der Waals surface area contributed by atoms with Gasteiger partial charge in [0.2, 0.25) is 11.8 Å². The Bertz CT molecular complexity index is 1010. The van der Waals surface area contributed by atoms with E-state index in [1.54, 1.807) is 53.9 Å². The van der Waals surface area contributed by atoms with E-state index in [2.05, 4.69) is 20.9 Å². The summed E-state index contributed by atoms with van der Waals surface area (Å²) in [6, 6.07) is 15.4. The fourth-order valence-corrected chi connectivity index (χ4v) is 3.18. The number of thiazole rings is 1. The maximum Gasteiger partial charge on any atom is 0.257 e. The Kier molecular flexibility index (Phi) is 6.94. The van der Waals surface area contributed by atoms with E-state index in [1.807, 2.05) is 6.07 Å². The molecule has 1 heterocycles. The van der Waals surface area contributed by atoms with Gasteiger partial charge in [-0.1, -0.05) is 29.8 Å². The van der Waals surface area contributed by atoms with Crippen molar-refractivity contribution in [3.63, 3.8) is 0 Å². The Balaban J connectivity index is 1.44. The number of hydrogen-bond donors (Lipinski definition) is 3. The van der Waals surface area contributed by atoms with Crippen molar-refractivity contribution in [3.05, 3.63) is 76.3 Å². The number of halogens is 1. The van der Waals surface area contributed by atoms with Gasteiger partial charge in [-0.25, -0.2) is 4.98 Å². The Morgan fingerprint density at radius 3 is 2.38 bits per heavy atom. The van der Waals surface area contributed by atoms with E-state index in [4.69, 9.17) is 11.6 Å². The number of nitrogens with one attached hydrogen (secondary N) is 3. The van der Waals surface area contributed by atoms with Crippen molar-refractivity contribution in [1.82, 2.24) is 10.3 Å². The van der Waals surface area contributed by atoms with Crippen molar-refractivity contribution < 1.29 is 14.4 Å². The first-order chi connectivity index (χ1) is 14.0. The molecule has 0 fully saturated rings. The Labute approximate surface area is 176 Å². The van der Waals surface area contributed by atoms with Crippen LogP contribution in [0.5, 0.6) is 0 Å². The van der Waals surface area contributed by atoms with Crippen molar-refractivity contribution in [2.24, 2.45) is 0 Å². The van der Waals surface area contributed by atoms with Crippen molar-refractivity contribution in [2.75, 3.05) is 17.2 Å². The molecule has 7 nitrogen and oxygen atoms in total. The fraction of sp³-hybridized carbons (Fsp3) is 0.100. The first-order valence-corrected chi connectivity index (χ1v) is 9.88. The molecular formula is C20H17ClN4O3S. The van der Waals surface area contributed by atoms with Gasteiger partial charge in [-0.3, -0.25) is 19.7 Å². The number of carbonyl (C=O) groups is 3. The van der Waals surface area contributed by atoms with Crippen molar-refractivity contribution in [3.8, 4) is 0 Å². The van der Waals surface area contributed by atoms with E-state index in [9.17, 15) is 14.4 Å². The first kappa shape index (κ1) is 20.5. The lowest BCUT2D eigenvalue weighted by atomic mass is 10.2. The van der Waals surface area contributed by atoms with Gasteiger partial charge in [-0.2, -0.15) is 0 Å². The topological polar surface area (TPSA) is 100 Å². The molecule has 0 spiro atoms. The smallest absolute Gasteiger partial charge is 0.257 e. The molecule has 1 aromatic heterocycles. The van der Waals surface area contributed by atoms with Crippen LogP contribution in [0.3, 0.4) is 0 Å². The predicted molar refractivity (Wildman–Crippen MR) is 113 cm³/mol. The van der Waals surface area contributed by atoms with Crippen molar-refractivity contribution >= 4 is 51.5 Å². The largest absolute Gasteiger partial charge is 0.347 e. The molecular weight excluding hydrogens is 412 g/mol. The van der Waals surface area contributed by atoms with E-state index < -0.39 is 0 Å². The highest BCUT2D eigenvalue weighted by atomic mass is 35.5. The standard InChI is InChI=1S/C20H17ClN4O3S/c21-14-6-8-15(9-7-14)23-18(27)11-22-17(26)10-16-12-29-20(24-16)25-19(28)13-4-2-1-3-5-13/h1-9,12H,10-11H2,(H,22,26)(H,23,27)(H,24,25,28). The summed E-state index contributed by atoms with van der Waals surface area (Å²) >= 11 is 7.02. The van der Waals surface area contributed by atoms with E-state index in [0.717, 1.165) is 0 Å². The van der Waals surface area contributed by atoms with Gasteiger partial charge in [-0.05, 0) is 36.4 Å². The monoisotopic (exact) mass is 428 g/mol. The molecule has 0 aliphatic heterocycles. The minimum absolute atomic E-state index is 0.00589. The molecule has 29 heavy (non-hydrogen) atoms. The van der Waals surface area contributed by atoms with Gasteiger partial charge in [0.15, 0.2) is 5.13 Å². The highest BCUT2D eigenvalue weighted by Crippen LogP contribution is 2.17. The zero-order valence-corrected chi connectivity index (χ0v) is 16.7. The quantitative estimate of drug-likeness (QED) is 0.537. The zero-order chi connectivity index (χ0) is 20.6. The van der Waals surface area contributed by atoms with Crippen LogP contribution < -0.4 is 16.0 Å². The number of carbonyl (C=O) groups excluding carboxylic acids is 3. The average Bonchev–Trinajstić information content (AvgIpc) is 3.15. The third kappa shape index (κ3) is 6.41. The van der Waals surface area contributed by atoms with Crippen LogP contribution in [-0.4, -0.2) is 29.3 Å². The molecule has 0 unspecified atom stereocenters. The number of nitrogens with zero attached hydrogens (tertiary/aromatic N) is 1. The minimum Gasteiger partial charge on any atom is -0.347 e. The molecule has 3 amide bonds. The fourth-order valence-electron chi connectivity index (χ4n) is 2.35. The summed E-state index contributed by atoms with van der Waals surface area (Å²) in [5.41, 5.74) is 1.62. The number of aromatic nitrogens is 1. The van der Waals surface area contributed by atoms with Gasteiger partial charge in [0.1, 0.15) is 0 Å². The molecule has 0 aliphatic carbocycles. The molecule has 3 rings (SSSR count). The van der Waals surface area contributed by atoms with Gasteiger partial charge in [0.05, 0.1) is 18.7 Å². The average molecular weight is 429 g/mol. The summed E-state index contributed by atoms with van der Waals surface area (Å²) in [5, 5.41) is 10.6. The number of amides is 3. The maximum absolute atomic E-state index is 12.1. The molecule has 0 bridgehead atoms. The molecule has 0 radical (unpaired) electrons. The minimum atomic E-state index is -0.352. The number of benzene rings is 2. The third-order valence-corrected chi connectivity index (χ3v) is 4.78. The SMILES string of the molecule is O=C(Cc1csc(NC(=O)c2ccccc2)n1)NCC(=O)Nc1ccc(Cl)cc1. The summed E-state index contributed by atoms with van der Waals surface area (Å²) < 4.78 is 0. The second-order valence-electron chi connectivity index (χ2n) is 5.97. The summed E-state index contributed by atoms with van der Waals surface area (Å²) in [7, 11) is 0. The van der Waals surface area contributed by atoms with Crippen LogP contribution in [0.2, 0.25) is 5.02 Å². The van der Waals surface area contributed by atoms with Crippen LogP contribution in [-0.2, 0) is 16.0 Å². The molecule has 148 valence electrons. The van der Waals surface area contributed by atoms with Gasteiger partial charge in [0.25, 0.3) is 5.91 Å². The van der Waals surface area contributed by atoms with Crippen LogP contribution in [0.1, 0.15) is 16.1 Å². The maximum atomic E-state index is 12.1. The van der Waals surface area contributed by atoms with Crippen LogP contribution in [0.15, 0.2) is 60.0 Å².